The molecule has 0 radical (unpaired) electrons. The average Bonchev–Trinajstić information content (AvgIpc) is 3.46. The topological polar surface area (TPSA) is 9.23 Å². The molecule has 0 saturated carbocycles. The third kappa shape index (κ3) is 3.78. The van der Waals surface area contributed by atoms with Crippen LogP contribution in [0.25, 0.3) is 65.7 Å². The Hall–Kier alpha value is -5.40. The number of allylic oxidation sites excluding steroid dienone is 2. The van der Waals surface area contributed by atoms with E-state index in [-0.39, 0.29) is 12.0 Å². The summed E-state index contributed by atoms with van der Waals surface area (Å²) in [5.74, 6) is 1.28. The zero-order valence-electron chi connectivity index (χ0n) is 23.6. The number of benzene rings is 7. The van der Waals surface area contributed by atoms with Crippen LogP contribution in [0.15, 0.2) is 158 Å². The summed E-state index contributed by atoms with van der Waals surface area (Å²) in [7, 11) is 0. The molecule has 1 aliphatic carbocycles. The van der Waals surface area contributed by atoms with Crippen molar-refractivity contribution in [1.82, 2.24) is 0 Å². The number of hydrogen-bond acceptors (Lipinski definition) is 1. The van der Waals surface area contributed by atoms with Gasteiger partial charge >= 0.3 is 0 Å². The number of hydrogen-bond donors (Lipinski definition) is 0. The zero-order chi connectivity index (χ0) is 28.3. The molecule has 0 bridgehead atoms. The number of fused-ring (bicyclic) bond motifs is 6. The third-order valence-corrected chi connectivity index (χ3v) is 9.17. The summed E-state index contributed by atoms with van der Waals surface area (Å²) in [6, 6.07) is 48.8. The lowest BCUT2D eigenvalue weighted by Gasteiger charge is -2.18. The molecule has 0 saturated heterocycles. The lowest BCUT2D eigenvalue weighted by molar-refractivity contribution is 0.270. The van der Waals surface area contributed by atoms with Gasteiger partial charge in [0.15, 0.2) is 0 Å². The minimum Gasteiger partial charge on any atom is -0.484 e. The van der Waals surface area contributed by atoms with Gasteiger partial charge in [-0.05, 0) is 78.3 Å². The molecule has 0 amide bonds. The van der Waals surface area contributed by atoms with Crippen LogP contribution in [-0.4, -0.2) is 6.10 Å². The Morgan fingerprint density at radius 3 is 1.79 bits per heavy atom. The molecule has 7 aromatic rings. The van der Waals surface area contributed by atoms with Crippen molar-refractivity contribution >= 4 is 32.3 Å². The van der Waals surface area contributed by atoms with Crippen LogP contribution in [0.4, 0.5) is 0 Å². The molecule has 0 N–H and O–H groups in total. The van der Waals surface area contributed by atoms with Crippen LogP contribution >= 0.6 is 0 Å². The molecule has 1 aliphatic heterocycles. The zero-order valence-corrected chi connectivity index (χ0v) is 23.6. The molecule has 0 spiro atoms. The predicted molar refractivity (Wildman–Crippen MR) is 181 cm³/mol. The molecule has 1 heteroatoms. The molecule has 0 aromatic heterocycles. The molecule has 202 valence electrons. The van der Waals surface area contributed by atoms with E-state index < -0.39 is 0 Å². The second-order valence-corrected chi connectivity index (χ2v) is 11.6. The fourth-order valence-electron chi connectivity index (χ4n) is 7.23. The van der Waals surface area contributed by atoms with Crippen molar-refractivity contribution in [3.05, 3.63) is 163 Å². The Balaban J connectivity index is 1.27. The number of para-hydroxylation sites is 1. The van der Waals surface area contributed by atoms with E-state index in [4.69, 9.17) is 4.74 Å². The number of ether oxygens (including phenoxy) is 1. The van der Waals surface area contributed by atoms with Gasteiger partial charge in [-0.25, -0.2) is 0 Å². The van der Waals surface area contributed by atoms with Gasteiger partial charge in [-0.15, -0.1) is 0 Å². The quantitative estimate of drug-likeness (QED) is 0.200. The Labute approximate surface area is 251 Å². The highest BCUT2D eigenvalue weighted by Gasteiger charge is 2.33. The van der Waals surface area contributed by atoms with E-state index in [0.717, 1.165) is 11.3 Å². The first-order valence-electron chi connectivity index (χ1n) is 15.0. The van der Waals surface area contributed by atoms with E-state index in [1.807, 2.05) is 0 Å². The van der Waals surface area contributed by atoms with E-state index in [2.05, 4.69) is 158 Å². The van der Waals surface area contributed by atoms with E-state index in [1.165, 1.54) is 65.7 Å². The SMILES string of the molecule is C1=CC2Oc3c(-c4cccc(-c5c6ccccc6c(-c6ccc7ccccc7c6)c6ccccc56)c4)cccc3C2C=C1. The second-order valence-electron chi connectivity index (χ2n) is 11.6. The fraction of sp³-hybridized carbons (Fsp3) is 0.0476. The van der Waals surface area contributed by atoms with E-state index in [1.54, 1.807) is 0 Å². The summed E-state index contributed by atoms with van der Waals surface area (Å²) in [5, 5.41) is 7.57. The van der Waals surface area contributed by atoms with E-state index >= 15 is 0 Å². The first-order valence-corrected chi connectivity index (χ1v) is 15.0. The average molecular weight is 549 g/mol. The van der Waals surface area contributed by atoms with Crippen molar-refractivity contribution in [3.8, 4) is 39.1 Å². The second kappa shape index (κ2) is 9.58. The summed E-state index contributed by atoms with van der Waals surface area (Å²) in [6.45, 7) is 0. The number of rotatable bonds is 3. The molecule has 1 nitrogen and oxygen atoms in total. The molecule has 9 rings (SSSR count). The minimum absolute atomic E-state index is 0.0693. The normalized spacial score (nSPS) is 16.8. The molecule has 0 fully saturated rings. The van der Waals surface area contributed by atoms with Crippen molar-refractivity contribution in [3.63, 3.8) is 0 Å². The minimum atomic E-state index is 0.0693. The highest BCUT2D eigenvalue weighted by atomic mass is 16.5. The van der Waals surface area contributed by atoms with Crippen molar-refractivity contribution in [2.45, 2.75) is 12.0 Å². The van der Waals surface area contributed by atoms with Gasteiger partial charge in [0.25, 0.3) is 0 Å². The molecule has 43 heavy (non-hydrogen) atoms. The lowest BCUT2D eigenvalue weighted by atomic mass is 9.85. The van der Waals surface area contributed by atoms with Gasteiger partial charge in [-0.1, -0.05) is 140 Å². The van der Waals surface area contributed by atoms with Gasteiger partial charge < -0.3 is 4.74 Å². The molecule has 1 heterocycles. The van der Waals surface area contributed by atoms with Crippen molar-refractivity contribution in [1.29, 1.82) is 0 Å². The summed E-state index contributed by atoms with van der Waals surface area (Å²) < 4.78 is 6.54. The maximum absolute atomic E-state index is 6.54. The molecule has 2 aliphatic rings. The van der Waals surface area contributed by atoms with Crippen LogP contribution in [0, 0.1) is 0 Å². The van der Waals surface area contributed by atoms with Gasteiger partial charge in [0.05, 0.1) is 0 Å². The smallest absolute Gasteiger partial charge is 0.132 e. The Morgan fingerprint density at radius 2 is 1.05 bits per heavy atom. The fourth-order valence-corrected chi connectivity index (χ4v) is 7.23. The van der Waals surface area contributed by atoms with Crippen LogP contribution < -0.4 is 4.74 Å². The van der Waals surface area contributed by atoms with Gasteiger partial charge in [0, 0.05) is 17.0 Å². The van der Waals surface area contributed by atoms with Crippen molar-refractivity contribution in [2.24, 2.45) is 0 Å². The Kier molecular flexibility index (Phi) is 5.39. The maximum Gasteiger partial charge on any atom is 0.132 e. The van der Waals surface area contributed by atoms with Gasteiger partial charge in [-0.2, -0.15) is 0 Å². The van der Waals surface area contributed by atoms with Gasteiger partial charge in [-0.3, -0.25) is 0 Å². The molecular formula is C42H28O. The Bertz CT molecular complexity index is 2230. The first-order chi connectivity index (χ1) is 21.3. The molecule has 2 atom stereocenters. The summed E-state index contributed by atoms with van der Waals surface area (Å²) in [5.41, 5.74) is 8.60. The summed E-state index contributed by atoms with van der Waals surface area (Å²) >= 11 is 0. The van der Waals surface area contributed by atoms with Crippen LogP contribution in [0.5, 0.6) is 5.75 Å². The van der Waals surface area contributed by atoms with Gasteiger partial charge in [0.1, 0.15) is 11.9 Å². The highest BCUT2D eigenvalue weighted by molar-refractivity contribution is 6.21. The van der Waals surface area contributed by atoms with Crippen molar-refractivity contribution < 1.29 is 4.74 Å². The summed E-state index contributed by atoms with van der Waals surface area (Å²) in [6.07, 6.45) is 8.71. The van der Waals surface area contributed by atoms with Crippen molar-refractivity contribution in [2.75, 3.05) is 0 Å². The van der Waals surface area contributed by atoms with E-state index in [9.17, 15) is 0 Å². The van der Waals surface area contributed by atoms with Crippen LogP contribution in [-0.2, 0) is 0 Å². The third-order valence-electron chi connectivity index (χ3n) is 9.17. The highest BCUT2D eigenvalue weighted by Crippen LogP contribution is 2.48. The van der Waals surface area contributed by atoms with Crippen LogP contribution in [0.3, 0.4) is 0 Å². The molecule has 7 aromatic carbocycles. The maximum atomic E-state index is 6.54. The van der Waals surface area contributed by atoms with Crippen LogP contribution in [0.1, 0.15) is 11.5 Å². The van der Waals surface area contributed by atoms with Gasteiger partial charge in [0.2, 0.25) is 0 Å². The van der Waals surface area contributed by atoms with E-state index in [0.29, 0.717) is 0 Å². The monoisotopic (exact) mass is 548 g/mol. The predicted octanol–water partition coefficient (Wildman–Crippen LogP) is 11.1. The Morgan fingerprint density at radius 1 is 0.442 bits per heavy atom. The first kappa shape index (κ1) is 24.2. The standard InChI is InChI=1S/C42H28O/c1-2-12-28-25-31(24-23-27(28)11-1)41-36-18-5-3-16-34(36)40(35-17-4-6-19-37(35)41)30-14-9-13-29(26-30)32-20-10-21-38-33-15-7-8-22-39(33)43-42(32)38/h1-26,33,39H. The molecule has 2 unspecified atom stereocenters. The molecular weight excluding hydrogens is 520 g/mol. The largest absolute Gasteiger partial charge is 0.484 e. The lowest BCUT2D eigenvalue weighted by Crippen LogP contribution is -2.15. The summed E-state index contributed by atoms with van der Waals surface area (Å²) in [4.78, 5) is 0. The van der Waals surface area contributed by atoms with Crippen LogP contribution in [0.2, 0.25) is 0 Å².